The van der Waals surface area contributed by atoms with E-state index in [0.29, 0.717) is 6.54 Å². The topological polar surface area (TPSA) is 66.6 Å². The Morgan fingerprint density at radius 2 is 2.50 bits per heavy atom. The minimum absolute atomic E-state index is 0.267. The third-order valence-corrected chi connectivity index (χ3v) is 1.93. The van der Waals surface area contributed by atoms with Gasteiger partial charge in [-0.15, -0.1) is 0 Å². The van der Waals surface area contributed by atoms with Crippen LogP contribution in [0, 0.1) is 0 Å². The average molecular weight is 170 g/mol. The SMILES string of the molecule is N[C@@H]1CCN(C/C=C/C(=O)O)C1. The molecule has 0 amide bonds. The van der Waals surface area contributed by atoms with Crippen LogP contribution < -0.4 is 5.73 Å². The highest BCUT2D eigenvalue weighted by molar-refractivity contribution is 5.79. The van der Waals surface area contributed by atoms with Crippen molar-refractivity contribution in [1.29, 1.82) is 0 Å². The monoisotopic (exact) mass is 170 g/mol. The number of nitrogens with zero attached hydrogens (tertiary/aromatic N) is 1. The van der Waals surface area contributed by atoms with Crippen molar-refractivity contribution in [2.75, 3.05) is 19.6 Å². The highest BCUT2D eigenvalue weighted by Crippen LogP contribution is 2.05. The summed E-state index contributed by atoms with van der Waals surface area (Å²) in [5, 5.41) is 8.31. The summed E-state index contributed by atoms with van der Waals surface area (Å²) in [6.45, 7) is 2.55. The molecule has 0 spiro atoms. The number of carboxylic acids is 1. The van der Waals surface area contributed by atoms with Gasteiger partial charge in [-0.2, -0.15) is 0 Å². The summed E-state index contributed by atoms with van der Waals surface area (Å²) in [5.74, 6) is -0.890. The summed E-state index contributed by atoms with van der Waals surface area (Å²) < 4.78 is 0. The van der Waals surface area contributed by atoms with Crippen LogP contribution in [0.25, 0.3) is 0 Å². The first kappa shape index (κ1) is 9.22. The van der Waals surface area contributed by atoms with Crippen molar-refractivity contribution in [2.24, 2.45) is 5.73 Å². The summed E-state index contributed by atoms with van der Waals surface area (Å²) in [6.07, 6.45) is 3.84. The first-order valence-electron chi connectivity index (χ1n) is 4.06. The van der Waals surface area contributed by atoms with E-state index in [1.807, 2.05) is 0 Å². The molecular weight excluding hydrogens is 156 g/mol. The lowest BCUT2D eigenvalue weighted by Gasteiger charge is -2.10. The molecule has 0 unspecified atom stereocenters. The maximum atomic E-state index is 10.1. The Kier molecular flexibility index (Phi) is 3.25. The van der Waals surface area contributed by atoms with E-state index in [-0.39, 0.29) is 6.04 Å². The van der Waals surface area contributed by atoms with Crippen LogP contribution in [-0.4, -0.2) is 41.7 Å². The molecule has 4 nitrogen and oxygen atoms in total. The van der Waals surface area contributed by atoms with Crippen molar-refractivity contribution < 1.29 is 9.90 Å². The molecule has 68 valence electrons. The lowest BCUT2D eigenvalue weighted by molar-refractivity contribution is -0.131. The van der Waals surface area contributed by atoms with E-state index in [2.05, 4.69) is 4.90 Å². The molecule has 1 atom stereocenters. The zero-order valence-electron chi connectivity index (χ0n) is 6.94. The highest BCUT2D eigenvalue weighted by Gasteiger charge is 2.16. The molecule has 0 saturated carbocycles. The number of carboxylic acid groups (broad SMARTS) is 1. The van der Waals surface area contributed by atoms with Gasteiger partial charge in [0.05, 0.1) is 0 Å². The van der Waals surface area contributed by atoms with Crippen LogP contribution >= 0.6 is 0 Å². The molecule has 12 heavy (non-hydrogen) atoms. The Balaban J connectivity index is 2.20. The van der Waals surface area contributed by atoms with Crippen molar-refractivity contribution >= 4 is 5.97 Å². The predicted octanol–water partition coefficient (Wildman–Crippen LogP) is -0.340. The molecular formula is C8H14N2O2. The molecule has 1 rings (SSSR count). The Morgan fingerprint density at radius 3 is 3.00 bits per heavy atom. The first-order valence-corrected chi connectivity index (χ1v) is 4.06. The van der Waals surface area contributed by atoms with Gasteiger partial charge < -0.3 is 10.8 Å². The molecule has 1 fully saturated rings. The third kappa shape index (κ3) is 3.02. The van der Waals surface area contributed by atoms with Crippen molar-refractivity contribution in [1.82, 2.24) is 4.90 Å². The standard InChI is InChI=1S/C8H14N2O2/c9-7-3-5-10(6-7)4-1-2-8(11)12/h1-2,7H,3-6,9H2,(H,11,12)/b2-1+/t7-/m1/s1. The Bertz CT molecular complexity index is 191. The third-order valence-electron chi connectivity index (χ3n) is 1.93. The average Bonchev–Trinajstić information content (AvgIpc) is 2.35. The van der Waals surface area contributed by atoms with E-state index in [0.717, 1.165) is 19.5 Å². The van der Waals surface area contributed by atoms with Crippen molar-refractivity contribution in [3.63, 3.8) is 0 Å². The van der Waals surface area contributed by atoms with Gasteiger partial charge >= 0.3 is 5.97 Å². The second kappa shape index (κ2) is 4.23. The van der Waals surface area contributed by atoms with E-state index in [1.165, 1.54) is 6.08 Å². The van der Waals surface area contributed by atoms with Gasteiger partial charge in [-0.25, -0.2) is 4.79 Å². The minimum atomic E-state index is -0.890. The smallest absolute Gasteiger partial charge is 0.328 e. The Morgan fingerprint density at radius 1 is 1.75 bits per heavy atom. The van der Waals surface area contributed by atoms with Gasteiger partial charge in [0.1, 0.15) is 0 Å². The summed E-state index contributed by atoms with van der Waals surface area (Å²) >= 11 is 0. The lowest BCUT2D eigenvalue weighted by atomic mass is 10.3. The zero-order chi connectivity index (χ0) is 8.97. The minimum Gasteiger partial charge on any atom is -0.478 e. The molecule has 0 aliphatic carbocycles. The molecule has 1 saturated heterocycles. The fraction of sp³-hybridized carbons (Fsp3) is 0.625. The predicted molar refractivity (Wildman–Crippen MR) is 45.8 cm³/mol. The lowest BCUT2D eigenvalue weighted by Crippen LogP contribution is -2.26. The van der Waals surface area contributed by atoms with Crippen molar-refractivity contribution in [3.8, 4) is 0 Å². The van der Waals surface area contributed by atoms with Crippen LogP contribution in [0.5, 0.6) is 0 Å². The Labute approximate surface area is 71.7 Å². The Hall–Kier alpha value is -0.870. The molecule has 0 aromatic carbocycles. The molecule has 3 N–H and O–H groups in total. The van der Waals surface area contributed by atoms with Gasteiger partial charge in [0.15, 0.2) is 0 Å². The van der Waals surface area contributed by atoms with Crippen LogP contribution in [0.4, 0.5) is 0 Å². The normalized spacial score (nSPS) is 25.2. The summed E-state index contributed by atoms with van der Waals surface area (Å²) in [4.78, 5) is 12.3. The molecule has 0 aromatic rings. The van der Waals surface area contributed by atoms with Gasteiger partial charge in [-0.05, 0) is 6.42 Å². The van der Waals surface area contributed by atoms with E-state index in [9.17, 15) is 4.79 Å². The van der Waals surface area contributed by atoms with E-state index in [4.69, 9.17) is 10.8 Å². The van der Waals surface area contributed by atoms with Crippen LogP contribution in [0.15, 0.2) is 12.2 Å². The number of rotatable bonds is 3. The fourth-order valence-corrected chi connectivity index (χ4v) is 1.33. The number of carbonyl (C=O) groups is 1. The number of hydrogen-bond acceptors (Lipinski definition) is 3. The van der Waals surface area contributed by atoms with Crippen molar-refractivity contribution in [3.05, 3.63) is 12.2 Å². The quantitative estimate of drug-likeness (QED) is 0.569. The van der Waals surface area contributed by atoms with Gasteiger partial charge in [0, 0.05) is 31.8 Å². The summed E-state index contributed by atoms with van der Waals surface area (Å²) in [7, 11) is 0. The summed E-state index contributed by atoms with van der Waals surface area (Å²) in [6, 6.07) is 0.267. The van der Waals surface area contributed by atoms with Crippen molar-refractivity contribution in [2.45, 2.75) is 12.5 Å². The molecule has 1 aliphatic rings. The van der Waals surface area contributed by atoms with Gasteiger partial charge in [-0.3, -0.25) is 4.90 Å². The largest absolute Gasteiger partial charge is 0.478 e. The maximum Gasteiger partial charge on any atom is 0.328 e. The van der Waals surface area contributed by atoms with E-state index >= 15 is 0 Å². The zero-order valence-corrected chi connectivity index (χ0v) is 6.94. The molecule has 1 heterocycles. The number of likely N-dealkylation sites (tertiary alicyclic amines) is 1. The highest BCUT2D eigenvalue weighted by atomic mass is 16.4. The van der Waals surface area contributed by atoms with E-state index in [1.54, 1.807) is 6.08 Å². The van der Waals surface area contributed by atoms with Crippen LogP contribution in [0.1, 0.15) is 6.42 Å². The maximum absolute atomic E-state index is 10.1. The number of hydrogen-bond donors (Lipinski definition) is 2. The molecule has 0 aromatic heterocycles. The van der Waals surface area contributed by atoms with Gasteiger partial charge in [-0.1, -0.05) is 6.08 Å². The van der Waals surface area contributed by atoms with Crippen LogP contribution in [0.2, 0.25) is 0 Å². The van der Waals surface area contributed by atoms with Crippen LogP contribution in [0.3, 0.4) is 0 Å². The molecule has 1 aliphatic heterocycles. The van der Waals surface area contributed by atoms with Crippen LogP contribution in [-0.2, 0) is 4.79 Å². The molecule has 0 bridgehead atoms. The second-order valence-corrected chi connectivity index (χ2v) is 3.05. The molecule has 0 radical (unpaired) electrons. The van der Waals surface area contributed by atoms with Gasteiger partial charge in [0.25, 0.3) is 0 Å². The number of nitrogens with two attached hydrogens (primary N) is 1. The first-order chi connectivity index (χ1) is 5.68. The van der Waals surface area contributed by atoms with E-state index < -0.39 is 5.97 Å². The second-order valence-electron chi connectivity index (χ2n) is 3.05. The fourth-order valence-electron chi connectivity index (χ4n) is 1.33. The summed E-state index contributed by atoms with van der Waals surface area (Å²) in [5.41, 5.74) is 5.67. The molecule has 4 heteroatoms. The van der Waals surface area contributed by atoms with Gasteiger partial charge in [0.2, 0.25) is 0 Å². The number of aliphatic carboxylic acids is 1.